The van der Waals surface area contributed by atoms with Crippen molar-refractivity contribution in [2.45, 2.75) is 25.9 Å². The summed E-state index contributed by atoms with van der Waals surface area (Å²) in [7, 11) is 3.24. The number of ether oxygens (including phenoxy) is 2. The zero-order valence-corrected chi connectivity index (χ0v) is 22.3. The lowest BCUT2D eigenvalue weighted by Gasteiger charge is -2.29. The van der Waals surface area contributed by atoms with Crippen molar-refractivity contribution in [3.63, 3.8) is 0 Å². The number of carboxylic acid groups (broad SMARTS) is 1. The van der Waals surface area contributed by atoms with Crippen molar-refractivity contribution in [1.82, 2.24) is 14.9 Å². The topological polar surface area (TPSA) is 88.9 Å². The fourth-order valence-electron chi connectivity index (χ4n) is 5.18. The van der Waals surface area contributed by atoms with Crippen LogP contribution in [0.2, 0.25) is 0 Å². The highest BCUT2D eigenvalue weighted by Crippen LogP contribution is 2.46. The number of nitrogens with zero attached hydrogens (tertiary/aromatic N) is 3. The van der Waals surface area contributed by atoms with E-state index in [0.717, 1.165) is 34.0 Å². The number of anilines is 1. The van der Waals surface area contributed by atoms with Crippen molar-refractivity contribution in [3.05, 3.63) is 101 Å². The third-order valence-electron chi connectivity index (χ3n) is 6.88. The molecule has 3 heterocycles. The van der Waals surface area contributed by atoms with Crippen molar-refractivity contribution in [2.75, 3.05) is 19.1 Å². The minimum atomic E-state index is -0.965. The maximum absolute atomic E-state index is 11.6. The zero-order valence-electron chi connectivity index (χ0n) is 21.5. The van der Waals surface area contributed by atoms with Gasteiger partial charge in [-0.3, -0.25) is 4.98 Å². The van der Waals surface area contributed by atoms with Crippen LogP contribution in [0.15, 0.2) is 72.9 Å². The first-order chi connectivity index (χ1) is 18.3. The van der Waals surface area contributed by atoms with E-state index in [0.29, 0.717) is 16.6 Å². The largest absolute Gasteiger partial charge is 0.497 e. The van der Waals surface area contributed by atoms with Gasteiger partial charge in [-0.25, -0.2) is 4.79 Å². The van der Waals surface area contributed by atoms with E-state index in [1.807, 2.05) is 56.3 Å². The van der Waals surface area contributed by atoms with Crippen LogP contribution in [0.1, 0.15) is 45.1 Å². The molecule has 0 amide bonds. The van der Waals surface area contributed by atoms with Gasteiger partial charge in [0, 0.05) is 29.3 Å². The SMILES string of the molecule is COc1ccc(N2C(=S)N[C@H](c3ccccn3)[C@@H]2c2cc(C)n(-c3cccc(C(=O)O)c3)c2C)c(OC)c1. The Bertz CT molecular complexity index is 1520. The Balaban J connectivity index is 1.70. The Morgan fingerprint density at radius 1 is 1.03 bits per heavy atom. The minimum absolute atomic E-state index is 0.233. The summed E-state index contributed by atoms with van der Waals surface area (Å²) in [5.41, 5.74) is 5.64. The van der Waals surface area contributed by atoms with Gasteiger partial charge in [0.15, 0.2) is 5.11 Å². The molecule has 9 heteroatoms. The highest BCUT2D eigenvalue weighted by atomic mass is 32.1. The second kappa shape index (κ2) is 10.2. The number of methoxy groups -OCH3 is 2. The number of rotatable bonds is 7. The van der Waals surface area contributed by atoms with Crippen molar-refractivity contribution >= 4 is 29.0 Å². The summed E-state index contributed by atoms with van der Waals surface area (Å²) in [5, 5.41) is 13.6. The normalized spacial score (nSPS) is 16.8. The molecule has 194 valence electrons. The second-order valence-electron chi connectivity index (χ2n) is 9.05. The molecule has 0 spiro atoms. The van der Waals surface area contributed by atoms with E-state index >= 15 is 0 Å². The predicted molar refractivity (Wildman–Crippen MR) is 150 cm³/mol. The molecule has 8 nitrogen and oxygen atoms in total. The molecule has 1 fully saturated rings. The number of nitrogens with one attached hydrogen (secondary N) is 1. The van der Waals surface area contributed by atoms with E-state index in [-0.39, 0.29) is 17.6 Å². The lowest BCUT2D eigenvalue weighted by Crippen LogP contribution is -2.30. The summed E-state index contributed by atoms with van der Waals surface area (Å²) in [6.45, 7) is 4.05. The number of pyridine rings is 1. The highest BCUT2D eigenvalue weighted by Gasteiger charge is 2.43. The monoisotopic (exact) mass is 528 g/mol. The molecule has 0 saturated carbocycles. The first-order valence-electron chi connectivity index (χ1n) is 12.1. The van der Waals surface area contributed by atoms with E-state index in [1.165, 1.54) is 0 Å². The van der Waals surface area contributed by atoms with Gasteiger partial charge in [0.2, 0.25) is 0 Å². The maximum Gasteiger partial charge on any atom is 0.335 e. The molecule has 4 aromatic rings. The van der Waals surface area contributed by atoms with Gasteiger partial charge in [0.25, 0.3) is 0 Å². The number of aromatic nitrogens is 2. The van der Waals surface area contributed by atoms with Gasteiger partial charge in [-0.15, -0.1) is 0 Å². The van der Waals surface area contributed by atoms with Crippen molar-refractivity contribution in [3.8, 4) is 17.2 Å². The van der Waals surface area contributed by atoms with Gasteiger partial charge in [-0.05, 0) is 80.2 Å². The summed E-state index contributed by atoms with van der Waals surface area (Å²) in [5.74, 6) is 0.342. The van der Waals surface area contributed by atoms with Crippen LogP contribution in [0.25, 0.3) is 5.69 Å². The summed E-state index contributed by atoms with van der Waals surface area (Å²) in [4.78, 5) is 18.4. The Hall–Kier alpha value is -4.37. The van der Waals surface area contributed by atoms with Crippen LogP contribution >= 0.6 is 12.2 Å². The molecule has 2 N–H and O–H groups in total. The number of carbonyl (C=O) groups is 1. The molecular weight excluding hydrogens is 500 g/mol. The number of thiocarbonyl (C=S) groups is 1. The van der Waals surface area contributed by atoms with Crippen LogP contribution in [0.5, 0.6) is 11.5 Å². The van der Waals surface area contributed by atoms with E-state index in [2.05, 4.69) is 25.8 Å². The van der Waals surface area contributed by atoms with Crippen molar-refractivity contribution < 1.29 is 19.4 Å². The molecule has 2 aromatic carbocycles. The summed E-state index contributed by atoms with van der Waals surface area (Å²) in [6, 6.07) is 20.1. The number of aryl methyl sites for hydroxylation is 1. The molecule has 38 heavy (non-hydrogen) atoms. The van der Waals surface area contributed by atoms with Crippen LogP contribution in [-0.4, -0.2) is 40.0 Å². The fourth-order valence-corrected chi connectivity index (χ4v) is 5.52. The third-order valence-corrected chi connectivity index (χ3v) is 7.20. The molecule has 1 saturated heterocycles. The van der Waals surface area contributed by atoms with Crippen LogP contribution in [0, 0.1) is 13.8 Å². The van der Waals surface area contributed by atoms with Crippen molar-refractivity contribution in [1.29, 1.82) is 0 Å². The van der Waals surface area contributed by atoms with Gasteiger partial charge in [-0.2, -0.15) is 0 Å². The van der Waals surface area contributed by atoms with E-state index in [4.69, 9.17) is 21.7 Å². The second-order valence-corrected chi connectivity index (χ2v) is 9.44. The minimum Gasteiger partial charge on any atom is -0.497 e. The van der Waals surface area contributed by atoms with Crippen LogP contribution in [0.3, 0.4) is 0 Å². The number of carboxylic acids is 1. The van der Waals surface area contributed by atoms with E-state index in [1.54, 1.807) is 38.6 Å². The molecule has 2 atom stereocenters. The molecule has 0 aliphatic carbocycles. The highest BCUT2D eigenvalue weighted by molar-refractivity contribution is 7.80. The summed E-state index contributed by atoms with van der Waals surface area (Å²) >= 11 is 5.90. The molecule has 1 aliphatic heterocycles. The Labute approximate surface area is 226 Å². The number of aromatic carboxylic acids is 1. The average Bonchev–Trinajstić information content (AvgIpc) is 3.43. The van der Waals surface area contributed by atoms with Crippen LogP contribution < -0.4 is 19.7 Å². The smallest absolute Gasteiger partial charge is 0.335 e. The third kappa shape index (κ3) is 4.35. The van der Waals surface area contributed by atoms with Crippen LogP contribution in [0.4, 0.5) is 5.69 Å². The van der Waals surface area contributed by atoms with Gasteiger partial charge in [-0.1, -0.05) is 12.1 Å². The predicted octanol–water partition coefficient (Wildman–Crippen LogP) is 5.38. The Morgan fingerprint density at radius 2 is 1.84 bits per heavy atom. The molecule has 0 radical (unpaired) electrons. The lowest BCUT2D eigenvalue weighted by atomic mass is 9.96. The number of benzene rings is 2. The molecule has 0 unspecified atom stereocenters. The molecule has 0 bridgehead atoms. The summed E-state index contributed by atoms with van der Waals surface area (Å²) in [6.07, 6.45) is 1.77. The van der Waals surface area contributed by atoms with Gasteiger partial charge < -0.3 is 29.4 Å². The van der Waals surface area contributed by atoms with Crippen LogP contribution in [-0.2, 0) is 0 Å². The van der Waals surface area contributed by atoms with Gasteiger partial charge in [0.05, 0.1) is 43.2 Å². The molecule has 5 rings (SSSR count). The zero-order chi connectivity index (χ0) is 27.0. The number of hydrogen-bond donors (Lipinski definition) is 2. The molecule has 2 aromatic heterocycles. The maximum atomic E-state index is 11.6. The molecule has 1 aliphatic rings. The first kappa shape index (κ1) is 25.3. The summed E-state index contributed by atoms with van der Waals surface area (Å²) < 4.78 is 13.2. The van der Waals surface area contributed by atoms with Gasteiger partial charge in [0.1, 0.15) is 11.5 Å². The first-order valence-corrected chi connectivity index (χ1v) is 12.5. The van der Waals surface area contributed by atoms with E-state index < -0.39 is 5.97 Å². The number of hydrogen-bond acceptors (Lipinski definition) is 5. The van der Waals surface area contributed by atoms with E-state index in [9.17, 15) is 9.90 Å². The molecular formula is C29H28N4O4S. The quantitative estimate of drug-likeness (QED) is 0.309. The standard InChI is InChI=1S/C29H28N4O4S/c1-17-14-22(18(2)32(17)20-9-7-8-19(15-20)28(34)35)27-26(23-10-5-6-13-30-23)31-29(38)33(27)24-12-11-21(36-3)16-25(24)37-4/h5-16,26-27H,1-4H3,(H,31,38)(H,34,35)/t26-,27+/m1/s1. The fraction of sp³-hybridized carbons (Fsp3) is 0.207. The lowest BCUT2D eigenvalue weighted by molar-refractivity contribution is 0.0697. The Morgan fingerprint density at radius 3 is 2.53 bits per heavy atom. The van der Waals surface area contributed by atoms with Gasteiger partial charge >= 0.3 is 5.97 Å². The van der Waals surface area contributed by atoms with Crippen molar-refractivity contribution in [2.24, 2.45) is 0 Å². The average molecular weight is 529 g/mol. The Kier molecular flexibility index (Phi) is 6.77.